The highest BCUT2D eigenvalue weighted by molar-refractivity contribution is 6.07. The van der Waals surface area contributed by atoms with Gasteiger partial charge in [-0.25, -0.2) is 8.68 Å². The van der Waals surface area contributed by atoms with E-state index in [0.29, 0.717) is 0 Å². The van der Waals surface area contributed by atoms with Crippen molar-refractivity contribution in [2.75, 3.05) is 6.86 Å². The molecule has 4 heavy (non-hydrogen) atoms. The minimum absolute atomic E-state index is 0. The SMILES string of the molecule is FCOCl.[H+]. The van der Waals surface area contributed by atoms with Gasteiger partial charge in [0, 0.05) is 0 Å². The summed E-state index contributed by atoms with van der Waals surface area (Å²) < 4.78 is 13.7. The number of hydrogen-bond acceptors (Lipinski definition) is 1. The lowest BCUT2D eigenvalue weighted by Gasteiger charge is -1.67. The lowest BCUT2D eigenvalue weighted by molar-refractivity contribution is 0.210. The molecule has 26 valence electrons. The van der Waals surface area contributed by atoms with Crippen LogP contribution in [0.4, 0.5) is 4.39 Å². The van der Waals surface area contributed by atoms with E-state index in [-0.39, 0.29) is 1.43 Å². The fourth-order valence-electron chi connectivity index (χ4n) is 0. The molecule has 0 spiro atoms. The maximum Gasteiger partial charge on any atom is 1.00 e. The molecule has 0 aliphatic carbocycles. The van der Waals surface area contributed by atoms with Gasteiger partial charge in [0.15, 0.2) is 0 Å². The number of rotatable bonds is 1. The van der Waals surface area contributed by atoms with Crippen molar-refractivity contribution in [2.45, 2.75) is 0 Å². The van der Waals surface area contributed by atoms with E-state index in [1.807, 2.05) is 0 Å². The quantitative estimate of drug-likeness (QED) is 0.465. The van der Waals surface area contributed by atoms with E-state index in [2.05, 4.69) is 16.2 Å². The van der Waals surface area contributed by atoms with Crippen LogP contribution in [-0.4, -0.2) is 6.86 Å². The minimum atomic E-state index is -0.915. The van der Waals surface area contributed by atoms with Gasteiger partial charge in [-0.15, -0.1) is 0 Å². The van der Waals surface area contributed by atoms with Crippen LogP contribution in [0.15, 0.2) is 0 Å². The highest BCUT2D eigenvalue weighted by Gasteiger charge is 1.60. The van der Waals surface area contributed by atoms with Crippen LogP contribution in [-0.2, 0) is 4.29 Å². The van der Waals surface area contributed by atoms with Crippen molar-refractivity contribution in [1.29, 1.82) is 0 Å². The van der Waals surface area contributed by atoms with E-state index < -0.39 is 6.86 Å². The normalized spacial score (nSPS) is 7.50. The van der Waals surface area contributed by atoms with Crippen LogP contribution in [0.25, 0.3) is 0 Å². The van der Waals surface area contributed by atoms with Crippen LogP contribution in [0.3, 0.4) is 0 Å². The smallest absolute Gasteiger partial charge is 0.245 e. The zero-order valence-electron chi connectivity index (χ0n) is 2.87. The lowest BCUT2D eigenvalue weighted by atomic mass is 11.6. The monoisotopic (exact) mass is 85.0 g/mol. The molecule has 1 nitrogen and oxygen atoms in total. The van der Waals surface area contributed by atoms with Gasteiger partial charge in [0.1, 0.15) is 0 Å². The Hall–Kier alpha value is 0.180. The molecule has 0 fully saturated rings. The Balaban J connectivity index is 0. The van der Waals surface area contributed by atoms with Gasteiger partial charge in [0.25, 0.3) is 0 Å². The number of alkyl halides is 1. The summed E-state index contributed by atoms with van der Waals surface area (Å²) in [6.45, 7) is -0.915. The molecule has 0 amide bonds. The molecule has 0 aromatic carbocycles. The largest absolute Gasteiger partial charge is 1.00 e. The summed E-state index contributed by atoms with van der Waals surface area (Å²) >= 11 is 4.31. The highest BCUT2D eigenvalue weighted by Crippen LogP contribution is 1.74. The Morgan fingerprint density at radius 2 is 2.50 bits per heavy atom. The van der Waals surface area contributed by atoms with Crippen molar-refractivity contribution in [3.8, 4) is 0 Å². The summed E-state index contributed by atoms with van der Waals surface area (Å²) in [6.07, 6.45) is 0. The first-order valence-electron chi connectivity index (χ1n) is 0.710. The van der Waals surface area contributed by atoms with E-state index >= 15 is 0 Å². The second-order valence-corrected chi connectivity index (χ2v) is 0.436. The van der Waals surface area contributed by atoms with Gasteiger partial charge in [-0.3, -0.25) is 0 Å². The van der Waals surface area contributed by atoms with Crippen LogP contribution in [0.1, 0.15) is 1.43 Å². The van der Waals surface area contributed by atoms with E-state index in [4.69, 9.17) is 0 Å². The first-order chi connectivity index (χ1) is 1.91. The Morgan fingerprint density at radius 3 is 2.50 bits per heavy atom. The second kappa shape index (κ2) is 3.18. The molecule has 0 aliphatic rings. The maximum absolute atomic E-state index is 10.4. The Labute approximate surface area is 30.0 Å². The molecule has 0 rings (SSSR count). The zero-order chi connectivity index (χ0) is 3.41. The standard InChI is InChI=1S/CH2ClFO/c2-4-1-3/h1H2/p+1. The van der Waals surface area contributed by atoms with Crippen molar-refractivity contribution >= 4 is 11.9 Å². The van der Waals surface area contributed by atoms with Crippen molar-refractivity contribution in [3.63, 3.8) is 0 Å². The summed E-state index contributed by atoms with van der Waals surface area (Å²) in [5, 5.41) is 0. The second-order valence-electron chi connectivity index (χ2n) is 0.218. The topological polar surface area (TPSA) is 9.23 Å². The summed E-state index contributed by atoms with van der Waals surface area (Å²) in [5.41, 5.74) is 0. The van der Waals surface area contributed by atoms with Gasteiger partial charge in [-0.1, -0.05) is 0 Å². The van der Waals surface area contributed by atoms with Crippen LogP contribution in [0.5, 0.6) is 0 Å². The molecule has 0 radical (unpaired) electrons. The third-order valence-corrected chi connectivity index (χ3v) is 0.124. The van der Waals surface area contributed by atoms with Crippen LogP contribution in [0.2, 0.25) is 0 Å². The van der Waals surface area contributed by atoms with Crippen molar-refractivity contribution in [2.24, 2.45) is 0 Å². The molecule has 0 saturated heterocycles. The number of hydrogen-bond donors (Lipinski definition) is 0. The zero-order valence-corrected chi connectivity index (χ0v) is 2.63. The first kappa shape index (κ1) is 4.18. The molecule has 0 aromatic heterocycles. The van der Waals surface area contributed by atoms with Gasteiger partial charge in [0.05, 0.1) is 11.9 Å². The van der Waals surface area contributed by atoms with Crippen LogP contribution < -0.4 is 0 Å². The molecule has 0 aromatic rings. The van der Waals surface area contributed by atoms with Crippen LogP contribution >= 0.6 is 11.9 Å². The minimum Gasteiger partial charge on any atom is -0.245 e. The van der Waals surface area contributed by atoms with Gasteiger partial charge in [0.2, 0.25) is 6.86 Å². The van der Waals surface area contributed by atoms with Gasteiger partial charge >= 0.3 is 1.43 Å². The molecule has 0 aliphatic heterocycles. The Bertz CT molecular complexity index is 13.6. The summed E-state index contributed by atoms with van der Waals surface area (Å²) in [5.74, 6) is 0. The fourth-order valence-corrected chi connectivity index (χ4v) is 0. The molecule has 0 bridgehead atoms. The predicted molar refractivity (Wildman–Crippen MR) is 14.0 cm³/mol. The average Bonchev–Trinajstić information content (AvgIpc) is 1.37. The van der Waals surface area contributed by atoms with E-state index in [1.165, 1.54) is 0 Å². The molecule has 0 N–H and O–H groups in total. The molecule has 0 saturated carbocycles. The Morgan fingerprint density at radius 1 is 2.25 bits per heavy atom. The van der Waals surface area contributed by atoms with E-state index in [1.54, 1.807) is 0 Å². The van der Waals surface area contributed by atoms with Crippen molar-refractivity contribution in [1.82, 2.24) is 0 Å². The molecule has 0 atom stereocenters. The molecular weight excluding hydrogens is 82.5 g/mol. The van der Waals surface area contributed by atoms with Gasteiger partial charge < -0.3 is 0 Å². The summed E-state index contributed by atoms with van der Waals surface area (Å²) in [4.78, 5) is 0. The highest BCUT2D eigenvalue weighted by atomic mass is 35.5. The average molecular weight is 85.5 g/mol. The maximum atomic E-state index is 10.4. The van der Waals surface area contributed by atoms with Gasteiger partial charge in [-0.05, 0) is 0 Å². The molecule has 0 unspecified atom stereocenters. The van der Waals surface area contributed by atoms with Gasteiger partial charge in [-0.2, -0.15) is 0 Å². The third kappa shape index (κ3) is 2.18. The first-order valence-corrected chi connectivity index (χ1v) is 1.02. The molecule has 3 heteroatoms. The number of halogens is 2. The summed E-state index contributed by atoms with van der Waals surface area (Å²) in [6, 6.07) is 0. The third-order valence-electron chi connectivity index (χ3n) is 0.0412. The molecule has 0 heterocycles. The van der Waals surface area contributed by atoms with Crippen molar-refractivity contribution in [3.05, 3.63) is 0 Å². The summed E-state index contributed by atoms with van der Waals surface area (Å²) in [7, 11) is 0. The predicted octanol–water partition coefficient (Wildman–Crippen LogP) is 1.20. The van der Waals surface area contributed by atoms with Crippen LogP contribution in [0, 0.1) is 0 Å². The van der Waals surface area contributed by atoms with Crippen molar-refractivity contribution < 1.29 is 10.1 Å². The molecular formula is CH3ClFO+. The Kier molecular flexibility index (Phi) is 3.32. The lowest BCUT2D eigenvalue weighted by Crippen LogP contribution is -1.60. The fraction of sp³-hybridized carbons (Fsp3) is 1.00. The van der Waals surface area contributed by atoms with E-state index in [9.17, 15) is 4.39 Å². The van der Waals surface area contributed by atoms with E-state index in [0.717, 1.165) is 0 Å².